The molecule has 0 saturated carbocycles. The zero-order chi connectivity index (χ0) is 39.1. The second kappa shape index (κ2) is 14.8. The third kappa shape index (κ3) is 6.56. The van der Waals surface area contributed by atoms with E-state index in [0.717, 1.165) is 38.8 Å². The van der Waals surface area contributed by atoms with Crippen LogP contribution in [0.15, 0.2) is 212 Å². The molecule has 0 atom stereocenters. The summed E-state index contributed by atoms with van der Waals surface area (Å²) in [6.07, 6.45) is 0. The Bertz CT molecular complexity index is 3300. The first-order valence-corrected chi connectivity index (χ1v) is 20.7. The average Bonchev–Trinajstić information content (AvgIpc) is 3.71. The maximum atomic E-state index is 5.29. The Balaban J connectivity index is 1.05. The molecule has 0 unspecified atom stereocenters. The van der Waals surface area contributed by atoms with E-state index in [4.69, 9.17) is 15.0 Å². The summed E-state index contributed by atoms with van der Waals surface area (Å²) in [4.78, 5) is 15.7. The van der Waals surface area contributed by atoms with E-state index in [-0.39, 0.29) is 0 Å². The van der Waals surface area contributed by atoms with Crippen LogP contribution in [0.5, 0.6) is 0 Å². The molecule has 0 aliphatic rings. The van der Waals surface area contributed by atoms with E-state index in [1.807, 2.05) is 17.4 Å². The van der Waals surface area contributed by atoms with Crippen molar-refractivity contribution >= 4 is 42.3 Å². The van der Waals surface area contributed by atoms with Crippen LogP contribution in [0.1, 0.15) is 0 Å². The number of nitrogens with zero attached hydrogens (tertiary/aromatic N) is 3. The molecule has 0 spiro atoms. The highest BCUT2D eigenvalue weighted by Crippen LogP contribution is 2.44. The molecule has 0 amide bonds. The number of hydrogen-bond donors (Lipinski definition) is 0. The van der Waals surface area contributed by atoms with Crippen LogP contribution in [0.3, 0.4) is 0 Å². The maximum absolute atomic E-state index is 5.29. The van der Waals surface area contributed by atoms with Gasteiger partial charge in [0.1, 0.15) is 0 Å². The van der Waals surface area contributed by atoms with Gasteiger partial charge in [-0.05, 0) is 73.5 Å². The number of hydrogen-bond acceptors (Lipinski definition) is 4. The van der Waals surface area contributed by atoms with Crippen molar-refractivity contribution in [1.82, 2.24) is 15.0 Å². The summed E-state index contributed by atoms with van der Waals surface area (Å²) in [5, 5.41) is 4.78. The van der Waals surface area contributed by atoms with E-state index in [2.05, 4.69) is 206 Å². The molecule has 0 saturated heterocycles. The van der Waals surface area contributed by atoms with E-state index >= 15 is 0 Å². The monoisotopic (exact) mass is 769 g/mol. The molecule has 0 N–H and O–H groups in total. The third-order valence-corrected chi connectivity index (χ3v) is 12.4. The van der Waals surface area contributed by atoms with Crippen molar-refractivity contribution < 1.29 is 0 Å². The fourth-order valence-corrected chi connectivity index (χ4v) is 9.40. The van der Waals surface area contributed by atoms with Crippen molar-refractivity contribution in [2.24, 2.45) is 0 Å². The molecular weight excluding hydrogens is 735 g/mol. The SMILES string of the molecule is c1ccc(-c2ccc(-c3nc(-c4cccc(-c5ccc6ccccc6c5)c4)nc(-c4cccc5sc6c(-c7ccc(-c8ccccc8)cc7)cccc6c45)n3)cc2)cc1. The lowest BCUT2D eigenvalue weighted by Gasteiger charge is -2.11. The smallest absolute Gasteiger partial charge is 0.164 e. The quantitative estimate of drug-likeness (QED) is 0.162. The predicted octanol–water partition coefficient (Wildman–Crippen LogP) is 15.1. The molecule has 0 aliphatic heterocycles. The van der Waals surface area contributed by atoms with Gasteiger partial charge in [0, 0.05) is 36.9 Å². The Morgan fingerprint density at radius 2 is 0.780 bits per heavy atom. The van der Waals surface area contributed by atoms with Gasteiger partial charge in [-0.2, -0.15) is 0 Å². The van der Waals surface area contributed by atoms with Crippen LogP contribution in [-0.4, -0.2) is 15.0 Å². The molecule has 11 aromatic rings. The Morgan fingerprint density at radius 1 is 0.288 bits per heavy atom. The van der Waals surface area contributed by atoms with Gasteiger partial charge in [0.05, 0.1) is 0 Å². The van der Waals surface area contributed by atoms with Gasteiger partial charge in [-0.15, -0.1) is 11.3 Å². The van der Waals surface area contributed by atoms with Crippen molar-refractivity contribution in [1.29, 1.82) is 0 Å². The van der Waals surface area contributed by atoms with Crippen LogP contribution in [-0.2, 0) is 0 Å². The zero-order valence-electron chi connectivity index (χ0n) is 32.0. The summed E-state index contributed by atoms with van der Waals surface area (Å²) < 4.78 is 2.44. The van der Waals surface area contributed by atoms with Crippen LogP contribution in [0.2, 0.25) is 0 Å². The molecule has 276 valence electrons. The predicted molar refractivity (Wildman–Crippen MR) is 248 cm³/mol. The molecule has 0 aliphatic carbocycles. The average molecular weight is 770 g/mol. The number of fused-ring (bicyclic) bond motifs is 4. The Morgan fingerprint density at radius 3 is 1.51 bits per heavy atom. The number of thiophene rings is 1. The highest BCUT2D eigenvalue weighted by molar-refractivity contribution is 7.26. The fraction of sp³-hybridized carbons (Fsp3) is 0. The standard InChI is InChI=1S/C55H35N3S/c1-3-12-36(13-4-1)39-24-29-41(30-25-39)47-20-10-21-48-51-49(22-11-23-50(51)59-52(47)48)55-57-53(42-31-26-40(27-32-42)37-14-5-2-6-15-37)56-54(58-55)46-19-9-18-44(35-46)45-33-28-38-16-7-8-17-43(38)34-45/h1-35H. The molecule has 0 radical (unpaired) electrons. The lowest BCUT2D eigenvalue weighted by atomic mass is 9.98. The van der Waals surface area contributed by atoms with Crippen LogP contribution in [0.25, 0.3) is 110 Å². The van der Waals surface area contributed by atoms with Crippen molar-refractivity contribution in [3.63, 3.8) is 0 Å². The van der Waals surface area contributed by atoms with Crippen LogP contribution < -0.4 is 0 Å². The van der Waals surface area contributed by atoms with E-state index in [1.54, 1.807) is 0 Å². The van der Waals surface area contributed by atoms with Crippen molar-refractivity contribution in [3.05, 3.63) is 212 Å². The van der Waals surface area contributed by atoms with Crippen LogP contribution >= 0.6 is 11.3 Å². The summed E-state index contributed by atoms with van der Waals surface area (Å²) in [7, 11) is 0. The molecule has 9 aromatic carbocycles. The van der Waals surface area contributed by atoms with Crippen LogP contribution in [0, 0.1) is 0 Å². The first-order chi connectivity index (χ1) is 29.2. The summed E-state index contributed by atoms with van der Waals surface area (Å²) in [5.74, 6) is 1.92. The van der Waals surface area contributed by atoms with Gasteiger partial charge >= 0.3 is 0 Å². The minimum absolute atomic E-state index is 0.635. The second-order valence-electron chi connectivity index (χ2n) is 14.8. The van der Waals surface area contributed by atoms with Gasteiger partial charge in [0.15, 0.2) is 17.5 Å². The van der Waals surface area contributed by atoms with Gasteiger partial charge < -0.3 is 0 Å². The lowest BCUT2D eigenvalue weighted by Crippen LogP contribution is -2.00. The molecule has 0 bridgehead atoms. The molecule has 11 rings (SSSR count). The first-order valence-electron chi connectivity index (χ1n) is 19.8. The van der Waals surface area contributed by atoms with E-state index in [9.17, 15) is 0 Å². The van der Waals surface area contributed by atoms with E-state index in [0.29, 0.717) is 17.5 Å². The largest absolute Gasteiger partial charge is 0.208 e. The summed E-state index contributed by atoms with van der Waals surface area (Å²) >= 11 is 1.82. The Kier molecular flexibility index (Phi) is 8.68. The molecule has 0 fully saturated rings. The van der Waals surface area contributed by atoms with Crippen LogP contribution in [0.4, 0.5) is 0 Å². The van der Waals surface area contributed by atoms with Crippen molar-refractivity contribution in [3.8, 4) is 78.7 Å². The molecule has 2 heterocycles. The van der Waals surface area contributed by atoms with Crippen molar-refractivity contribution in [2.75, 3.05) is 0 Å². The Labute approximate surface area is 346 Å². The minimum Gasteiger partial charge on any atom is -0.208 e. The van der Waals surface area contributed by atoms with Gasteiger partial charge in [0.2, 0.25) is 0 Å². The third-order valence-electron chi connectivity index (χ3n) is 11.2. The molecule has 3 nitrogen and oxygen atoms in total. The van der Waals surface area contributed by atoms with Gasteiger partial charge in [-0.3, -0.25) is 0 Å². The zero-order valence-corrected chi connectivity index (χ0v) is 32.8. The highest BCUT2D eigenvalue weighted by atomic mass is 32.1. The first kappa shape index (κ1) is 34.7. The molecule has 2 aromatic heterocycles. The van der Waals surface area contributed by atoms with Gasteiger partial charge in [-0.25, -0.2) is 15.0 Å². The Hall–Kier alpha value is -7.53. The summed E-state index contributed by atoms with van der Waals surface area (Å²) in [6.45, 7) is 0. The summed E-state index contributed by atoms with van der Waals surface area (Å²) in [5.41, 5.74) is 12.3. The normalized spacial score (nSPS) is 11.4. The number of rotatable bonds is 7. The van der Waals surface area contributed by atoms with Crippen molar-refractivity contribution in [2.45, 2.75) is 0 Å². The van der Waals surface area contributed by atoms with Gasteiger partial charge in [0.25, 0.3) is 0 Å². The topological polar surface area (TPSA) is 38.7 Å². The summed E-state index contributed by atoms with van der Waals surface area (Å²) in [6, 6.07) is 75.2. The van der Waals surface area contributed by atoms with E-state index in [1.165, 1.54) is 53.4 Å². The molecule has 59 heavy (non-hydrogen) atoms. The fourth-order valence-electron chi connectivity index (χ4n) is 8.14. The molecular formula is C55H35N3S. The highest BCUT2D eigenvalue weighted by Gasteiger charge is 2.19. The van der Waals surface area contributed by atoms with Gasteiger partial charge in [-0.1, -0.05) is 194 Å². The number of benzene rings is 9. The second-order valence-corrected chi connectivity index (χ2v) is 15.9. The van der Waals surface area contributed by atoms with E-state index < -0.39 is 0 Å². The maximum Gasteiger partial charge on any atom is 0.164 e. The lowest BCUT2D eigenvalue weighted by molar-refractivity contribution is 1.08. The minimum atomic E-state index is 0.635. The molecule has 4 heteroatoms. The number of aromatic nitrogens is 3.